The summed E-state index contributed by atoms with van der Waals surface area (Å²) in [7, 11) is 1.63. The summed E-state index contributed by atoms with van der Waals surface area (Å²) in [5.74, 6) is 1.40. The lowest BCUT2D eigenvalue weighted by atomic mass is 10.2. The van der Waals surface area contributed by atoms with E-state index in [2.05, 4.69) is 10.3 Å². The van der Waals surface area contributed by atoms with Crippen LogP contribution < -0.4 is 14.8 Å². The second-order valence-electron chi connectivity index (χ2n) is 5.97. The van der Waals surface area contributed by atoms with Crippen molar-refractivity contribution in [3.05, 3.63) is 87.7 Å². The van der Waals surface area contributed by atoms with Crippen molar-refractivity contribution >= 4 is 23.2 Å². The van der Waals surface area contributed by atoms with Gasteiger partial charge >= 0.3 is 0 Å². The Morgan fingerprint density at radius 1 is 0.963 bits per heavy atom. The van der Waals surface area contributed by atoms with Crippen LogP contribution in [-0.4, -0.2) is 12.1 Å². The summed E-state index contributed by atoms with van der Waals surface area (Å²) in [6.07, 6.45) is 3.52. The maximum absolute atomic E-state index is 6.21. The topological polar surface area (TPSA) is 43.4 Å². The predicted octanol–water partition coefficient (Wildman–Crippen LogP) is 5.27. The molecule has 27 heavy (non-hydrogen) atoms. The molecular weight excluding hydrogens is 383 g/mol. The normalized spacial score (nSPS) is 10.6. The minimum Gasteiger partial charge on any atom is -0.493 e. The quantitative estimate of drug-likeness (QED) is 0.557. The molecule has 1 N–H and O–H groups in total. The van der Waals surface area contributed by atoms with Crippen LogP contribution in [0.5, 0.6) is 11.5 Å². The zero-order valence-corrected chi connectivity index (χ0v) is 16.4. The third kappa shape index (κ3) is 5.60. The predicted molar refractivity (Wildman–Crippen MR) is 109 cm³/mol. The SMILES string of the molecule is COc1ccc(CNCc2ccc(Cl)cc2Cl)cc1OCc1cccnc1. The average molecular weight is 403 g/mol. The molecule has 0 radical (unpaired) electrons. The van der Waals surface area contributed by atoms with Gasteiger partial charge in [-0.1, -0.05) is 41.4 Å². The highest BCUT2D eigenvalue weighted by Crippen LogP contribution is 2.29. The second kappa shape index (κ2) is 9.60. The number of benzene rings is 2. The smallest absolute Gasteiger partial charge is 0.161 e. The van der Waals surface area contributed by atoms with Crippen LogP contribution in [0.2, 0.25) is 10.0 Å². The minimum absolute atomic E-state index is 0.432. The highest BCUT2D eigenvalue weighted by molar-refractivity contribution is 6.35. The molecule has 3 aromatic rings. The first-order chi connectivity index (χ1) is 13.2. The molecule has 0 saturated carbocycles. The average Bonchev–Trinajstić information content (AvgIpc) is 2.69. The maximum atomic E-state index is 6.21. The molecule has 2 aromatic carbocycles. The number of nitrogens with zero attached hydrogens (tertiary/aromatic N) is 1. The molecule has 0 aliphatic heterocycles. The summed E-state index contributed by atoms with van der Waals surface area (Å²) in [5, 5.41) is 4.67. The highest BCUT2D eigenvalue weighted by Gasteiger charge is 2.07. The lowest BCUT2D eigenvalue weighted by Crippen LogP contribution is -2.13. The van der Waals surface area contributed by atoms with Crippen molar-refractivity contribution in [3.63, 3.8) is 0 Å². The number of hydrogen-bond acceptors (Lipinski definition) is 4. The summed E-state index contributed by atoms with van der Waals surface area (Å²) in [6.45, 7) is 1.75. The number of ether oxygens (including phenoxy) is 2. The Kier molecular flexibility index (Phi) is 6.93. The molecule has 4 nitrogen and oxygen atoms in total. The Morgan fingerprint density at radius 3 is 2.59 bits per heavy atom. The summed E-state index contributed by atoms with van der Waals surface area (Å²) < 4.78 is 11.3. The van der Waals surface area contributed by atoms with Gasteiger partial charge in [-0.25, -0.2) is 0 Å². The van der Waals surface area contributed by atoms with E-state index in [-0.39, 0.29) is 0 Å². The van der Waals surface area contributed by atoms with Crippen molar-refractivity contribution in [2.24, 2.45) is 0 Å². The van der Waals surface area contributed by atoms with Gasteiger partial charge in [-0.2, -0.15) is 0 Å². The van der Waals surface area contributed by atoms with Crippen LogP contribution in [-0.2, 0) is 19.7 Å². The molecule has 0 saturated heterocycles. The molecule has 140 valence electrons. The van der Waals surface area contributed by atoms with Gasteiger partial charge in [0.2, 0.25) is 0 Å². The molecule has 0 aliphatic rings. The van der Waals surface area contributed by atoms with Crippen LogP contribution in [0.25, 0.3) is 0 Å². The fraction of sp³-hybridized carbons (Fsp3) is 0.190. The van der Waals surface area contributed by atoms with Gasteiger partial charge in [0.15, 0.2) is 11.5 Å². The Morgan fingerprint density at radius 2 is 1.85 bits per heavy atom. The van der Waals surface area contributed by atoms with Gasteiger partial charge in [-0.15, -0.1) is 0 Å². The van der Waals surface area contributed by atoms with Gasteiger partial charge in [-0.3, -0.25) is 4.98 Å². The van der Waals surface area contributed by atoms with Gasteiger partial charge in [-0.05, 0) is 41.5 Å². The number of hydrogen-bond donors (Lipinski definition) is 1. The van der Waals surface area contributed by atoms with Crippen LogP contribution in [0.15, 0.2) is 60.9 Å². The van der Waals surface area contributed by atoms with E-state index in [9.17, 15) is 0 Å². The molecular formula is C21H20Cl2N2O2. The molecule has 0 unspecified atom stereocenters. The number of rotatable bonds is 8. The molecule has 0 aliphatic carbocycles. The molecule has 0 atom stereocenters. The lowest BCUT2D eigenvalue weighted by Gasteiger charge is -2.13. The van der Waals surface area contributed by atoms with E-state index in [1.54, 1.807) is 25.6 Å². The Balaban J connectivity index is 1.62. The van der Waals surface area contributed by atoms with Gasteiger partial charge < -0.3 is 14.8 Å². The van der Waals surface area contributed by atoms with Crippen molar-refractivity contribution in [2.45, 2.75) is 19.7 Å². The van der Waals surface area contributed by atoms with Crippen molar-refractivity contribution in [1.29, 1.82) is 0 Å². The summed E-state index contributed by atoms with van der Waals surface area (Å²) in [5.41, 5.74) is 3.09. The third-order valence-corrected chi connectivity index (χ3v) is 4.59. The Hall–Kier alpha value is -2.27. The third-order valence-electron chi connectivity index (χ3n) is 4.00. The first kappa shape index (κ1) is 19.5. The molecule has 0 spiro atoms. The number of methoxy groups -OCH3 is 1. The Bertz CT molecular complexity index is 889. The summed E-state index contributed by atoms with van der Waals surface area (Å²) >= 11 is 12.1. The van der Waals surface area contributed by atoms with Crippen molar-refractivity contribution in [2.75, 3.05) is 7.11 Å². The monoisotopic (exact) mass is 402 g/mol. The zero-order chi connectivity index (χ0) is 19.1. The number of pyridine rings is 1. The van der Waals surface area contributed by atoms with Gasteiger partial charge in [0, 0.05) is 41.1 Å². The van der Waals surface area contributed by atoms with Crippen molar-refractivity contribution in [1.82, 2.24) is 10.3 Å². The van der Waals surface area contributed by atoms with Crippen molar-refractivity contribution in [3.8, 4) is 11.5 Å². The number of aromatic nitrogens is 1. The van der Waals surface area contributed by atoms with E-state index in [4.69, 9.17) is 32.7 Å². The number of halogens is 2. The molecule has 3 rings (SSSR count). The van der Waals surface area contributed by atoms with E-state index in [0.29, 0.717) is 41.2 Å². The molecule has 6 heteroatoms. The van der Waals surface area contributed by atoms with Crippen LogP contribution in [0.4, 0.5) is 0 Å². The lowest BCUT2D eigenvalue weighted by molar-refractivity contribution is 0.283. The van der Waals surface area contributed by atoms with Crippen LogP contribution in [0.1, 0.15) is 16.7 Å². The second-order valence-corrected chi connectivity index (χ2v) is 6.82. The molecule has 1 heterocycles. The maximum Gasteiger partial charge on any atom is 0.161 e. The van der Waals surface area contributed by atoms with Gasteiger partial charge in [0.25, 0.3) is 0 Å². The van der Waals surface area contributed by atoms with Crippen molar-refractivity contribution < 1.29 is 9.47 Å². The van der Waals surface area contributed by atoms with E-state index in [1.165, 1.54) is 0 Å². The first-order valence-electron chi connectivity index (χ1n) is 8.49. The molecule has 1 aromatic heterocycles. The van der Waals surface area contributed by atoms with Crippen LogP contribution in [0.3, 0.4) is 0 Å². The van der Waals surface area contributed by atoms with Crippen LogP contribution >= 0.6 is 23.2 Å². The zero-order valence-electron chi connectivity index (χ0n) is 14.9. The van der Waals surface area contributed by atoms with Gasteiger partial charge in [0.1, 0.15) is 6.61 Å². The molecule has 0 fully saturated rings. The fourth-order valence-electron chi connectivity index (χ4n) is 2.60. The molecule has 0 bridgehead atoms. The number of nitrogens with one attached hydrogen (secondary N) is 1. The Labute approximate surface area is 169 Å². The first-order valence-corrected chi connectivity index (χ1v) is 9.24. The van der Waals surface area contributed by atoms with E-state index >= 15 is 0 Å². The van der Waals surface area contributed by atoms with Crippen LogP contribution in [0, 0.1) is 0 Å². The minimum atomic E-state index is 0.432. The highest BCUT2D eigenvalue weighted by atomic mass is 35.5. The standard InChI is InChI=1S/C21H20Cl2N2O2/c1-26-20-7-4-15(9-21(20)27-14-16-3-2-8-24-12-16)11-25-13-17-5-6-18(22)10-19(17)23/h2-10,12,25H,11,13-14H2,1H3. The fourth-order valence-corrected chi connectivity index (χ4v) is 3.07. The van der Waals surface area contributed by atoms with E-state index < -0.39 is 0 Å². The van der Waals surface area contributed by atoms with Gasteiger partial charge in [0.05, 0.1) is 7.11 Å². The largest absolute Gasteiger partial charge is 0.493 e. The summed E-state index contributed by atoms with van der Waals surface area (Å²) in [4.78, 5) is 4.10. The summed E-state index contributed by atoms with van der Waals surface area (Å²) in [6, 6.07) is 15.3. The molecule has 0 amide bonds. The van der Waals surface area contributed by atoms with E-state index in [0.717, 1.165) is 16.7 Å². The van der Waals surface area contributed by atoms with E-state index in [1.807, 2.05) is 42.5 Å².